The van der Waals surface area contributed by atoms with E-state index < -0.39 is 6.10 Å². The average Bonchev–Trinajstić information content (AvgIpc) is 2.42. The van der Waals surface area contributed by atoms with Gasteiger partial charge in [-0.3, -0.25) is 4.79 Å². The molecule has 5 heteroatoms. The first kappa shape index (κ1) is 18.0. The standard InChI is InChI=1S/C16H25BrN2O2/c1-4-5-8-19-16(20)12(3)21-14-6-7-15(17)13(10-14)9-11(2)18/h6-7,10-12H,4-5,8-9,18H2,1-3H3,(H,19,20). The number of halogens is 1. The highest BCUT2D eigenvalue weighted by Gasteiger charge is 2.14. The van der Waals surface area contributed by atoms with E-state index in [2.05, 4.69) is 28.2 Å². The van der Waals surface area contributed by atoms with Crippen LogP contribution in [0.5, 0.6) is 5.75 Å². The van der Waals surface area contributed by atoms with Crippen LogP contribution in [0.3, 0.4) is 0 Å². The Balaban J connectivity index is 2.63. The van der Waals surface area contributed by atoms with E-state index in [4.69, 9.17) is 10.5 Å². The Bertz CT molecular complexity index is 464. The summed E-state index contributed by atoms with van der Waals surface area (Å²) in [6.07, 6.45) is 2.29. The maximum absolute atomic E-state index is 11.9. The van der Waals surface area contributed by atoms with Crippen LogP contribution in [0.4, 0.5) is 0 Å². The first-order valence-corrected chi connectivity index (χ1v) is 8.21. The van der Waals surface area contributed by atoms with Crippen LogP contribution in [0, 0.1) is 0 Å². The van der Waals surface area contributed by atoms with Crippen LogP contribution in [0.15, 0.2) is 22.7 Å². The van der Waals surface area contributed by atoms with Gasteiger partial charge in [-0.1, -0.05) is 29.3 Å². The molecule has 1 rings (SSSR count). The largest absolute Gasteiger partial charge is 0.481 e. The summed E-state index contributed by atoms with van der Waals surface area (Å²) in [6.45, 7) is 6.51. The van der Waals surface area contributed by atoms with Crippen molar-refractivity contribution >= 4 is 21.8 Å². The lowest BCUT2D eigenvalue weighted by Gasteiger charge is -2.16. The average molecular weight is 357 g/mol. The van der Waals surface area contributed by atoms with Gasteiger partial charge in [0.1, 0.15) is 5.75 Å². The first-order valence-electron chi connectivity index (χ1n) is 7.42. The molecule has 1 aromatic rings. The van der Waals surface area contributed by atoms with Crippen molar-refractivity contribution in [3.63, 3.8) is 0 Å². The number of hydrogen-bond donors (Lipinski definition) is 2. The maximum atomic E-state index is 11.9. The van der Waals surface area contributed by atoms with Crippen LogP contribution >= 0.6 is 15.9 Å². The third-order valence-electron chi connectivity index (χ3n) is 3.07. The molecule has 2 atom stereocenters. The molecule has 1 aromatic carbocycles. The Kier molecular flexibility index (Phi) is 7.75. The number of carbonyl (C=O) groups is 1. The van der Waals surface area contributed by atoms with Gasteiger partial charge in [0.15, 0.2) is 6.10 Å². The van der Waals surface area contributed by atoms with Gasteiger partial charge in [-0.25, -0.2) is 0 Å². The second-order valence-corrected chi connectivity index (χ2v) is 6.19. The molecule has 0 fully saturated rings. The summed E-state index contributed by atoms with van der Waals surface area (Å²) in [5.41, 5.74) is 6.92. The molecule has 0 saturated carbocycles. The van der Waals surface area contributed by atoms with Gasteiger partial charge in [0.2, 0.25) is 0 Å². The van der Waals surface area contributed by atoms with Gasteiger partial charge in [0, 0.05) is 17.1 Å². The molecular weight excluding hydrogens is 332 g/mol. The molecule has 0 aliphatic heterocycles. The predicted octanol–water partition coefficient (Wildman–Crippen LogP) is 3.02. The molecule has 1 amide bonds. The van der Waals surface area contributed by atoms with Crippen molar-refractivity contribution in [1.29, 1.82) is 0 Å². The third-order valence-corrected chi connectivity index (χ3v) is 3.84. The van der Waals surface area contributed by atoms with Crippen LogP contribution in [-0.2, 0) is 11.2 Å². The minimum atomic E-state index is -0.508. The van der Waals surface area contributed by atoms with Gasteiger partial charge >= 0.3 is 0 Å². The molecule has 0 heterocycles. The second kappa shape index (κ2) is 9.05. The zero-order chi connectivity index (χ0) is 15.8. The van der Waals surface area contributed by atoms with E-state index in [0.717, 1.165) is 29.3 Å². The molecule has 3 N–H and O–H groups in total. The summed E-state index contributed by atoms with van der Waals surface area (Å²) >= 11 is 3.51. The van der Waals surface area contributed by atoms with E-state index in [-0.39, 0.29) is 11.9 Å². The summed E-state index contributed by atoms with van der Waals surface area (Å²) in [6, 6.07) is 5.79. The van der Waals surface area contributed by atoms with Crippen LogP contribution in [-0.4, -0.2) is 24.6 Å². The van der Waals surface area contributed by atoms with Crippen molar-refractivity contribution in [3.05, 3.63) is 28.2 Å². The van der Waals surface area contributed by atoms with Gasteiger partial charge in [0.05, 0.1) is 0 Å². The fraction of sp³-hybridized carbons (Fsp3) is 0.562. The Morgan fingerprint density at radius 1 is 1.43 bits per heavy atom. The molecule has 0 aliphatic carbocycles. The van der Waals surface area contributed by atoms with E-state index in [9.17, 15) is 4.79 Å². The van der Waals surface area contributed by atoms with Crippen molar-refractivity contribution in [2.45, 2.75) is 52.2 Å². The highest BCUT2D eigenvalue weighted by atomic mass is 79.9. The SMILES string of the molecule is CCCCNC(=O)C(C)Oc1ccc(Br)c(CC(C)N)c1. The molecule has 0 aromatic heterocycles. The number of rotatable bonds is 8. The molecule has 0 spiro atoms. The van der Waals surface area contributed by atoms with E-state index >= 15 is 0 Å². The zero-order valence-electron chi connectivity index (χ0n) is 13.0. The van der Waals surface area contributed by atoms with Crippen molar-refractivity contribution in [2.24, 2.45) is 5.73 Å². The van der Waals surface area contributed by atoms with Crippen molar-refractivity contribution < 1.29 is 9.53 Å². The van der Waals surface area contributed by atoms with E-state index in [1.54, 1.807) is 6.92 Å². The van der Waals surface area contributed by atoms with Crippen LogP contribution in [0.1, 0.15) is 39.2 Å². The third kappa shape index (κ3) is 6.48. The summed E-state index contributed by atoms with van der Waals surface area (Å²) in [7, 11) is 0. The lowest BCUT2D eigenvalue weighted by molar-refractivity contribution is -0.127. The fourth-order valence-corrected chi connectivity index (χ4v) is 2.33. The van der Waals surface area contributed by atoms with Gasteiger partial charge in [-0.2, -0.15) is 0 Å². The number of ether oxygens (including phenoxy) is 1. The number of amides is 1. The Morgan fingerprint density at radius 2 is 2.14 bits per heavy atom. The number of hydrogen-bond acceptors (Lipinski definition) is 3. The van der Waals surface area contributed by atoms with Crippen LogP contribution < -0.4 is 15.8 Å². The van der Waals surface area contributed by atoms with Crippen LogP contribution in [0.2, 0.25) is 0 Å². The van der Waals surface area contributed by atoms with Gasteiger partial charge in [0.25, 0.3) is 5.91 Å². The highest BCUT2D eigenvalue weighted by molar-refractivity contribution is 9.10. The lowest BCUT2D eigenvalue weighted by Crippen LogP contribution is -2.36. The minimum absolute atomic E-state index is 0.0753. The summed E-state index contributed by atoms with van der Waals surface area (Å²) in [5.74, 6) is 0.604. The highest BCUT2D eigenvalue weighted by Crippen LogP contribution is 2.24. The topological polar surface area (TPSA) is 64.3 Å². The molecule has 2 unspecified atom stereocenters. The van der Waals surface area contributed by atoms with E-state index in [1.807, 2.05) is 25.1 Å². The summed E-state index contributed by atoms with van der Waals surface area (Å²) in [4.78, 5) is 11.9. The maximum Gasteiger partial charge on any atom is 0.260 e. The van der Waals surface area contributed by atoms with Crippen molar-refractivity contribution in [3.8, 4) is 5.75 Å². The molecule has 4 nitrogen and oxygen atoms in total. The minimum Gasteiger partial charge on any atom is -0.481 e. The normalized spacial score (nSPS) is 13.6. The summed E-state index contributed by atoms with van der Waals surface area (Å²) < 4.78 is 6.72. The Hall–Kier alpha value is -1.07. The van der Waals surface area contributed by atoms with Crippen molar-refractivity contribution in [2.75, 3.05) is 6.54 Å². The number of carbonyl (C=O) groups excluding carboxylic acids is 1. The molecule has 118 valence electrons. The van der Waals surface area contributed by atoms with E-state index in [0.29, 0.717) is 12.3 Å². The van der Waals surface area contributed by atoms with Gasteiger partial charge < -0.3 is 15.8 Å². The van der Waals surface area contributed by atoms with Gasteiger partial charge in [-0.15, -0.1) is 0 Å². The quantitative estimate of drug-likeness (QED) is 0.703. The molecule has 0 aliphatic rings. The number of nitrogens with two attached hydrogens (primary N) is 1. The van der Waals surface area contributed by atoms with Gasteiger partial charge in [-0.05, 0) is 50.5 Å². The lowest BCUT2D eigenvalue weighted by atomic mass is 10.1. The number of benzene rings is 1. The summed E-state index contributed by atoms with van der Waals surface area (Å²) in [5, 5.41) is 2.87. The second-order valence-electron chi connectivity index (χ2n) is 5.34. The van der Waals surface area contributed by atoms with Crippen LogP contribution in [0.25, 0.3) is 0 Å². The fourth-order valence-electron chi connectivity index (χ4n) is 1.92. The Labute approximate surface area is 135 Å². The molecular formula is C16H25BrN2O2. The zero-order valence-corrected chi connectivity index (χ0v) is 14.6. The molecule has 0 saturated heterocycles. The monoisotopic (exact) mass is 356 g/mol. The predicted molar refractivity (Wildman–Crippen MR) is 89.5 cm³/mol. The molecule has 0 radical (unpaired) electrons. The number of nitrogens with one attached hydrogen (secondary N) is 1. The molecule has 0 bridgehead atoms. The van der Waals surface area contributed by atoms with E-state index in [1.165, 1.54) is 0 Å². The smallest absolute Gasteiger partial charge is 0.260 e. The van der Waals surface area contributed by atoms with Crippen molar-refractivity contribution in [1.82, 2.24) is 5.32 Å². The Morgan fingerprint density at radius 3 is 2.76 bits per heavy atom. The molecule has 21 heavy (non-hydrogen) atoms. The number of unbranched alkanes of at least 4 members (excludes halogenated alkanes) is 1. The first-order chi connectivity index (χ1) is 9.93.